The molecule has 30 heavy (non-hydrogen) atoms. The van der Waals surface area contributed by atoms with Crippen LogP contribution >= 0.6 is 0 Å². The van der Waals surface area contributed by atoms with Gasteiger partial charge in [0, 0.05) is 30.2 Å². The lowest BCUT2D eigenvalue weighted by Crippen LogP contribution is -2.25. The molecular weight excluding hydrogens is 364 g/mol. The summed E-state index contributed by atoms with van der Waals surface area (Å²) in [7, 11) is 0. The van der Waals surface area contributed by atoms with Crippen molar-refractivity contribution in [1.82, 2.24) is 0 Å². The van der Waals surface area contributed by atoms with Crippen molar-refractivity contribution < 1.29 is 0 Å². The van der Waals surface area contributed by atoms with Crippen LogP contribution in [0.3, 0.4) is 0 Å². The van der Waals surface area contributed by atoms with Crippen molar-refractivity contribution in [3.63, 3.8) is 0 Å². The fourth-order valence-electron chi connectivity index (χ4n) is 4.39. The molecule has 1 aliphatic rings. The van der Waals surface area contributed by atoms with Gasteiger partial charge in [0.15, 0.2) is 0 Å². The molecule has 0 unspecified atom stereocenters. The Balaban J connectivity index is 1.49. The predicted molar refractivity (Wildman–Crippen MR) is 131 cm³/mol. The van der Waals surface area contributed by atoms with Gasteiger partial charge in [0.05, 0.1) is 0 Å². The summed E-state index contributed by atoms with van der Waals surface area (Å²) in [6.45, 7) is 8.99. The van der Waals surface area contributed by atoms with Gasteiger partial charge in [-0.15, -0.1) is 0 Å². The monoisotopic (exact) mass is 398 g/mol. The third-order valence-corrected chi connectivity index (χ3v) is 6.13. The van der Waals surface area contributed by atoms with Crippen molar-refractivity contribution in [1.29, 1.82) is 0 Å². The highest BCUT2D eigenvalue weighted by Gasteiger charge is 2.18. The van der Waals surface area contributed by atoms with Crippen LogP contribution in [0.25, 0.3) is 11.1 Å². The molecule has 2 nitrogen and oxygen atoms in total. The summed E-state index contributed by atoms with van der Waals surface area (Å²) in [4.78, 5) is 2.53. The summed E-state index contributed by atoms with van der Waals surface area (Å²) in [6, 6.07) is 22.6. The molecule has 156 valence electrons. The quantitative estimate of drug-likeness (QED) is 0.310. The topological polar surface area (TPSA) is 15.3 Å². The third kappa shape index (κ3) is 4.53. The van der Waals surface area contributed by atoms with Crippen LogP contribution in [0, 0.1) is 6.92 Å². The van der Waals surface area contributed by atoms with Crippen molar-refractivity contribution in [2.75, 3.05) is 23.3 Å². The summed E-state index contributed by atoms with van der Waals surface area (Å²) in [5, 5.41) is 3.61. The maximum absolute atomic E-state index is 3.61. The van der Waals surface area contributed by atoms with E-state index < -0.39 is 0 Å². The lowest BCUT2D eigenvalue weighted by atomic mass is 10.0. The largest absolute Gasteiger partial charge is 0.372 e. The van der Waals surface area contributed by atoms with Gasteiger partial charge in [-0.2, -0.15) is 0 Å². The minimum atomic E-state index is 1.05. The molecule has 2 heteroatoms. The average Bonchev–Trinajstić information content (AvgIpc) is 3.11. The van der Waals surface area contributed by atoms with Crippen molar-refractivity contribution in [2.45, 2.75) is 52.9 Å². The van der Waals surface area contributed by atoms with Crippen LogP contribution in [-0.4, -0.2) is 13.1 Å². The van der Waals surface area contributed by atoms with Gasteiger partial charge in [-0.05, 0) is 84.8 Å². The standard InChI is InChI=1S/C28H34N2/c1-4-6-16-30(17-7-5-2)26-13-11-24(12-14-26)29-25-10-9-22-19-23-18-21(3)8-15-27(23)28(22)20-25/h8-15,18,20,29H,4-7,16-17,19H2,1-3H3. The van der Waals surface area contributed by atoms with E-state index in [1.807, 2.05) is 0 Å². The maximum Gasteiger partial charge on any atom is 0.0390 e. The summed E-state index contributed by atoms with van der Waals surface area (Å²) >= 11 is 0. The van der Waals surface area contributed by atoms with E-state index in [-0.39, 0.29) is 0 Å². The zero-order valence-electron chi connectivity index (χ0n) is 18.7. The van der Waals surface area contributed by atoms with E-state index in [2.05, 4.69) is 91.7 Å². The number of nitrogens with one attached hydrogen (secondary N) is 1. The first kappa shape index (κ1) is 20.5. The van der Waals surface area contributed by atoms with Crippen LogP contribution in [0.4, 0.5) is 17.1 Å². The summed E-state index contributed by atoms with van der Waals surface area (Å²) in [5.74, 6) is 0. The predicted octanol–water partition coefficient (Wildman–Crippen LogP) is 7.72. The van der Waals surface area contributed by atoms with Crippen molar-refractivity contribution in [2.24, 2.45) is 0 Å². The highest BCUT2D eigenvalue weighted by Crippen LogP contribution is 2.39. The molecule has 4 rings (SSSR count). The van der Waals surface area contributed by atoms with Crippen molar-refractivity contribution in [3.8, 4) is 11.1 Å². The molecule has 0 aliphatic heterocycles. The molecule has 0 amide bonds. The third-order valence-electron chi connectivity index (χ3n) is 6.13. The first-order chi connectivity index (χ1) is 14.7. The van der Waals surface area contributed by atoms with Gasteiger partial charge in [0.25, 0.3) is 0 Å². The Bertz CT molecular complexity index is 980. The van der Waals surface area contributed by atoms with Gasteiger partial charge in [0.2, 0.25) is 0 Å². The number of rotatable bonds is 9. The molecule has 1 aliphatic carbocycles. The molecule has 0 radical (unpaired) electrons. The van der Waals surface area contributed by atoms with Gasteiger partial charge in [-0.3, -0.25) is 0 Å². The van der Waals surface area contributed by atoms with Gasteiger partial charge in [0.1, 0.15) is 0 Å². The maximum atomic E-state index is 3.61. The number of benzene rings is 3. The Hall–Kier alpha value is -2.74. The van der Waals surface area contributed by atoms with Crippen LogP contribution in [0.1, 0.15) is 56.2 Å². The number of anilines is 3. The minimum absolute atomic E-state index is 1.05. The number of hydrogen-bond donors (Lipinski definition) is 1. The van der Waals surface area contributed by atoms with E-state index in [9.17, 15) is 0 Å². The fourth-order valence-corrected chi connectivity index (χ4v) is 4.39. The van der Waals surface area contributed by atoms with E-state index in [4.69, 9.17) is 0 Å². The number of fused-ring (bicyclic) bond motifs is 3. The highest BCUT2D eigenvalue weighted by atomic mass is 15.1. The number of nitrogens with zero attached hydrogens (tertiary/aromatic N) is 1. The molecule has 0 saturated carbocycles. The zero-order chi connectivity index (χ0) is 20.9. The van der Waals surface area contributed by atoms with Crippen LogP contribution in [0.15, 0.2) is 60.7 Å². The van der Waals surface area contributed by atoms with Crippen LogP contribution < -0.4 is 10.2 Å². The van der Waals surface area contributed by atoms with Gasteiger partial charge >= 0.3 is 0 Å². The second kappa shape index (κ2) is 9.38. The second-order valence-electron chi connectivity index (χ2n) is 8.58. The first-order valence-electron chi connectivity index (χ1n) is 11.5. The van der Waals surface area contributed by atoms with E-state index in [0.717, 1.165) is 30.9 Å². The van der Waals surface area contributed by atoms with E-state index >= 15 is 0 Å². The van der Waals surface area contributed by atoms with Crippen LogP contribution in [0.5, 0.6) is 0 Å². The van der Waals surface area contributed by atoms with Crippen LogP contribution in [0.2, 0.25) is 0 Å². The Morgan fingerprint density at radius 3 is 2.13 bits per heavy atom. The summed E-state index contributed by atoms with van der Waals surface area (Å²) in [5.41, 5.74) is 10.6. The van der Waals surface area contributed by atoms with E-state index in [0.29, 0.717) is 0 Å². The van der Waals surface area contributed by atoms with Crippen molar-refractivity contribution in [3.05, 3.63) is 77.4 Å². The lowest BCUT2D eigenvalue weighted by Gasteiger charge is -2.25. The molecular formula is C28H34N2. The van der Waals surface area contributed by atoms with Gasteiger partial charge in [-0.25, -0.2) is 0 Å². The molecule has 0 aromatic heterocycles. The fraction of sp³-hybridized carbons (Fsp3) is 0.357. The molecule has 0 saturated heterocycles. The molecule has 0 fully saturated rings. The summed E-state index contributed by atoms with van der Waals surface area (Å²) < 4.78 is 0. The number of hydrogen-bond acceptors (Lipinski definition) is 2. The lowest BCUT2D eigenvalue weighted by molar-refractivity contribution is 0.678. The van der Waals surface area contributed by atoms with E-state index in [1.165, 1.54) is 59.2 Å². The SMILES string of the molecule is CCCCN(CCCC)c1ccc(Nc2ccc3c(c2)-c2ccc(C)cc2C3)cc1. The normalized spacial score (nSPS) is 11.8. The molecule has 0 spiro atoms. The molecule has 0 bridgehead atoms. The number of aryl methyl sites for hydroxylation is 1. The minimum Gasteiger partial charge on any atom is -0.372 e. The average molecular weight is 399 g/mol. The Morgan fingerprint density at radius 1 is 0.733 bits per heavy atom. The molecule has 0 heterocycles. The summed E-state index contributed by atoms with van der Waals surface area (Å²) in [6.07, 6.45) is 6.03. The van der Waals surface area contributed by atoms with Gasteiger partial charge < -0.3 is 10.2 Å². The van der Waals surface area contributed by atoms with Crippen molar-refractivity contribution >= 4 is 17.1 Å². The Kier molecular flexibility index (Phi) is 6.42. The molecule has 0 atom stereocenters. The molecule has 3 aromatic rings. The molecule has 3 aromatic carbocycles. The number of unbranched alkanes of at least 4 members (excludes halogenated alkanes) is 2. The first-order valence-corrected chi connectivity index (χ1v) is 11.5. The second-order valence-corrected chi connectivity index (χ2v) is 8.58. The smallest absolute Gasteiger partial charge is 0.0390 e. The molecule has 1 N–H and O–H groups in total. The Labute approximate surface area is 181 Å². The highest BCUT2D eigenvalue weighted by molar-refractivity contribution is 5.80. The van der Waals surface area contributed by atoms with Gasteiger partial charge in [-0.1, -0.05) is 56.5 Å². The van der Waals surface area contributed by atoms with E-state index in [1.54, 1.807) is 0 Å². The zero-order valence-corrected chi connectivity index (χ0v) is 18.7. The van der Waals surface area contributed by atoms with Crippen LogP contribution in [-0.2, 0) is 6.42 Å². The Morgan fingerprint density at radius 2 is 1.43 bits per heavy atom.